The van der Waals surface area contributed by atoms with Gasteiger partial charge in [-0.05, 0) is 80.0 Å². The lowest BCUT2D eigenvalue weighted by Crippen LogP contribution is -2.73. The van der Waals surface area contributed by atoms with Crippen LogP contribution in [0.25, 0.3) is 0 Å². The first-order chi connectivity index (χ1) is 24.6. The highest BCUT2D eigenvalue weighted by atomic mass is 35.5. The second-order valence-electron chi connectivity index (χ2n) is 14.5. The maximum atomic E-state index is 13.9. The Bertz CT molecular complexity index is 1800. The molecule has 0 aliphatic carbocycles. The zero-order valence-electron chi connectivity index (χ0n) is 31.2. The number of nitrogens with zero attached hydrogens (tertiary/aromatic N) is 3. The normalized spacial score (nSPS) is 19.1. The van der Waals surface area contributed by atoms with Gasteiger partial charge in [-0.3, -0.25) is 19.8 Å². The van der Waals surface area contributed by atoms with Crippen LogP contribution in [0.2, 0.25) is 0 Å². The summed E-state index contributed by atoms with van der Waals surface area (Å²) in [4.78, 5) is 77.6. The number of carbonyl (C=O) groups excluding carboxylic acids is 5. The number of esters is 2. The highest BCUT2D eigenvalue weighted by Crippen LogP contribution is 2.37. The number of anilines is 1. The van der Waals surface area contributed by atoms with Gasteiger partial charge in [-0.25, -0.2) is 19.4 Å². The molecule has 3 atom stereocenters. The van der Waals surface area contributed by atoms with E-state index in [1.807, 2.05) is 6.92 Å². The van der Waals surface area contributed by atoms with Gasteiger partial charge in [0, 0.05) is 22.7 Å². The smallest absolute Gasteiger partial charge is 0.413 e. The fraction of sp³-hybridized carbons (Fsp3) is 0.514. The van der Waals surface area contributed by atoms with Crippen molar-refractivity contribution in [3.8, 4) is 5.75 Å². The van der Waals surface area contributed by atoms with Crippen molar-refractivity contribution in [2.75, 3.05) is 18.3 Å². The van der Waals surface area contributed by atoms with Crippen LogP contribution in [0, 0.1) is 0 Å². The number of rotatable bonds is 12. The molecule has 1 aromatic heterocycles. The summed E-state index contributed by atoms with van der Waals surface area (Å²) in [5.74, 6) is -2.27. The van der Waals surface area contributed by atoms with E-state index in [0.29, 0.717) is 28.6 Å². The Morgan fingerprint density at radius 1 is 1.02 bits per heavy atom. The Labute approximate surface area is 321 Å². The summed E-state index contributed by atoms with van der Waals surface area (Å²) in [6.45, 7) is 14.8. The largest absolute Gasteiger partial charge is 0.497 e. The third kappa shape index (κ3) is 10.4. The number of alkyl halides is 1. The number of oxime groups is 1. The van der Waals surface area contributed by atoms with Gasteiger partial charge in [0.05, 0.1) is 13.0 Å². The Balaban J connectivity index is 1.57. The lowest BCUT2D eigenvalue weighted by Gasteiger charge is -2.46. The van der Waals surface area contributed by atoms with E-state index in [1.165, 1.54) is 24.1 Å². The molecule has 15 nitrogen and oxygen atoms in total. The van der Waals surface area contributed by atoms with Gasteiger partial charge in [0.1, 0.15) is 40.2 Å². The molecule has 0 saturated carbocycles. The molecule has 3 heterocycles. The number of amides is 3. The molecule has 0 spiro atoms. The zero-order chi connectivity index (χ0) is 39.5. The standard InChI is InChI=1S/C35H44ClN5O10S2/c1-18-21(15-36)25(29(44)48-16-19-11-13-20(47-10)14-12-19)41-27(43)24(28(41)53-18)38-26(42)23(40-51-35(8,9)30(45)49-33(2,3)4)22-17-52-31(37-22)39-32(46)50-34(5,6)7/h11-14,17-18,24,28H,15-16H2,1-10H3,(H,38,42)(H,37,39,46)/p+1/b40-23-/t18-,24+,28+/m0/s1. The molecule has 2 aliphatic heterocycles. The number of carbonyl (C=O) groups is 5. The van der Waals surface area contributed by atoms with E-state index < -0.39 is 63.8 Å². The van der Waals surface area contributed by atoms with Gasteiger partial charge in [-0.2, -0.15) is 0 Å². The van der Waals surface area contributed by atoms with Gasteiger partial charge in [-0.15, -0.1) is 22.9 Å². The first-order valence-electron chi connectivity index (χ1n) is 16.5. The number of methoxy groups -OCH3 is 1. The van der Waals surface area contributed by atoms with Crippen molar-refractivity contribution in [3.63, 3.8) is 0 Å². The highest BCUT2D eigenvalue weighted by molar-refractivity contribution is 7.80. The Morgan fingerprint density at radius 2 is 1.66 bits per heavy atom. The van der Waals surface area contributed by atoms with Crippen molar-refractivity contribution >= 4 is 75.4 Å². The Hall–Kier alpha value is -4.35. The molecule has 1 saturated heterocycles. The average Bonchev–Trinajstić information content (AvgIpc) is 3.51. The number of thiazole rings is 1. The zero-order valence-corrected chi connectivity index (χ0v) is 33.7. The summed E-state index contributed by atoms with van der Waals surface area (Å²) >= 11 is 7.97. The number of β-lactam (4-membered cyclic amide) rings is 1. The molecular weight excluding hydrogens is 750 g/mol. The van der Waals surface area contributed by atoms with Crippen LogP contribution >= 0.6 is 22.9 Å². The number of halogens is 1. The molecule has 53 heavy (non-hydrogen) atoms. The van der Waals surface area contributed by atoms with Crippen molar-refractivity contribution in [2.24, 2.45) is 5.16 Å². The van der Waals surface area contributed by atoms with Gasteiger partial charge in [0.2, 0.25) is 11.0 Å². The van der Waals surface area contributed by atoms with Gasteiger partial charge in [0.25, 0.3) is 11.8 Å². The molecule has 0 radical (unpaired) electrons. The predicted octanol–water partition coefficient (Wildman–Crippen LogP) is 4.45. The van der Waals surface area contributed by atoms with Gasteiger partial charge >= 0.3 is 18.0 Å². The van der Waals surface area contributed by atoms with Gasteiger partial charge in [-0.1, -0.05) is 17.3 Å². The van der Waals surface area contributed by atoms with E-state index in [0.717, 1.165) is 11.3 Å². The average molecular weight is 795 g/mol. The van der Waals surface area contributed by atoms with Crippen LogP contribution in [-0.4, -0.2) is 91.9 Å². The maximum absolute atomic E-state index is 13.9. The first kappa shape index (κ1) is 41.4. The van der Waals surface area contributed by atoms with E-state index in [-0.39, 0.29) is 34.3 Å². The fourth-order valence-electron chi connectivity index (χ4n) is 4.86. The minimum absolute atomic E-state index is 0.0142. The molecule has 2 aromatic rings. The SMILES string of the molecule is COc1ccc(COC(=O)C2=C(CCl)[C@H](C)[SH+][C@@H]3[C@H](NC(=O)/C(=N\OC(C)(C)C(=O)OC(C)(C)C)c4csc(NC(=O)OC(C)(C)C)n4)C(=O)N23)cc1. The number of hydrogen-bond donors (Lipinski definition) is 2. The minimum atomic E-state index is -1.64. The predicted molar refractivity (Wildman–Crippen MR) is 201 cm³/mol. The maximum Gasteiger partial charge on any atom is 0.413 e. The molecule has 3 amide bonds. The van der Waals surface area contributed by atoms with Crippen LogP contribution in [0.15, 0.2) is 46.1 Å². The summed E-state index contributed by atoms with van der Waals surface area (Å²) in [6, 6.07) is 5.91. The van der Waals surface area contributed by atoms with Crippen molar-refractivity contribution in [3.05, 3.63) is 52.2 Å². The fourth-order valence-corrected chi connectivity index (χ4v) is 7.60. The molecule has 2 aliphatic rings. The van der Waals surface area contributed by atoms with Crippen LogP contribution in [0.4, 0.5) is 9.93 Å². The number of aromatic nitrogens is 1. The molecule has 0 bridgehead atoms. The molecule has 2 N–H and O–H groups in total. The van der Waals surface area contributed by atoms with Crippen LogP contribution in [-0.2, 0) is 56.6 Å². The molecule has 4 rings (SSSR count). The van der Waals surface area contributed by atoms with Gasteiger partial charge < -0.3 is 29.1 Å². The van der Waals surface area contributed by atoms with Crippen LogP contribution in [0.5, 0.6) is 5.75 Å². The van der Waals surface area contributed by atoms with Crippen molar-refractivity contribution in [1.82, 2.24) is 15.2 Å². The van der Waals surface area contributed by atoms with Crippen molar-refractivity contribution in [1.29, 1.82) is 0 Å². The lowest BCUT2D eigenvalue weighted by molar-refractivity contribution is -0.179. The van der Waals surface area contributed by atoms with Crippen LogP contribution in [0.3, 0.4) is 0 Å². The van der Waals surface area contributed by atoms with Crippen LogP contribution in [0.1, 0.15) is 73.6 Å². The Morgan fingerprint density at radius 3 is 2.25 bits per heavy atom. The molecular formula is C35H45ClN5O10S2+. The molecule has 1 aromatic carbocycles. The highest BCUT2D eigenvalue weighted by Gasteiger charge is 2.61. The summed E-state index contributed by atoms with van der Waals surface area (Å²) in [5.41, 5.74) is -2.38. The second-order valence-corrected chi connectivity index (χ2v) is 17.3. The number of ether oxygens (including phenoxy) is 4. The number of hydrogen-bond acceptors (Lipinski definition) is 13. The summed E-state index contributed by atoms with van der Waals surface area (Å²) < 4.78 is 21.5. The number of nitrogens with one attached hydrogen (secondary N) is 2. The third-order valence-corrected chi connectivity index (χ3v) is 10.1. The third-order valence-electron chi connectivity index (χ3n) is 7.47. The lowest BCUT2D eigenvalue weighted by atomic mass is 10.0. The van der Waals surface area contributed by atoms with Crippen LogP contribution < -0.4 is 15.4 Å². The molecule has 0 unspecified atom stereocenters. The second kappa shape index (κ2) is 16.3. The van der Waals surface area contributed by atoms with Crippen molar-refractivity contribution < 1.29 is 47.8 Å². The minimum Gasteiger partial charge on any atom is -0.497 e. The quantitative estimate of drug-likeness (QED) is 0.0453. The van der Waals surface area contributed by atoms with E-state index in [9.17, 15) is 24.0 Å². The van der Waals surface area contributed by atoms with Crippen molar-refractivity contribution in [2.45, 2.75) is 102 Å². The summed E-state index contributed by atoms with van der Waals surface area (Å²) in [5, 5.41) is 9.87. The van der Waals surface area contributed by atoms with E-state index in [1.54, 1.807) is 72.9 Å². The molecule has 1 fully saturated rings. The van der Waals surface area contributed by atoms with E-state index in [2.05, 4.69) is 20.8 Å². The molecule has 18 heteroatoms. The van der Waals surface area contributed by atoms with Gasteiger partial charge in [0.15, 0.2) is 16.9 Å². The molecule has 288 valence electrons. The summed E-state index contributed by atoms with van der Waals surface area (Å²) in [7, 11) is 1.55. The number of benzene rings is 1. The first-order valence-corrected chi connectivity index (χ1v) is 19.0. The number of fused-ring (bicyclic) bond motifs is 1. The number of thiol groups is 1. The summed E-state index contributed by atoms with van der Waals surface area (Å²) in [6.07, 6.45) is -0.767. The van der Waals surface area contributed by atoms with E-state index >= 15 is 0 Å². The topological polar surface area (TPSA) is 184 Å². The van der Waals surface area contributed by atoms with E-state index in [4.69, 9.17) is 35.4 Å². The monoisotopic (exact) mass is 794 g/mol. The Kier molecular flexibility index (Phi) is 12.8.